The number of benzene rings is 1. The standard InChI is InChI=1S/C16H14FNO2/c17-12-7-11(8-18-9-12)10-20-16-6-2-3-13-14(16)4-1-5-15(13)19/h2-3,6-9H,1,4-5,10H2. The highest BCUT2D eigenvalue weighted by Gasteiger charge is 2.20. The molecule has 0 aliphatic heterocycles. The number of rotatable bonds is 3. The SMILES string of the molecule is O=C1CCCc2c(OCc3cncc(F)c3)cccc21. The van der Waals surface area contributed by atoms with Crippen molar-refractivity contribution >= 4 is 5.78 Å². The Morgan fingerprint density at radius 3 is 3.00 bits per heavy atom. The molecule has 2 aromatic rings. The smallest absolute Gasteiger partial charge is 0.163 e. The van der Waals surface area contributed by atoms with Crippen molar-refractivity contribution in [1.29, 1.82) is 0 Å². The zero-order valence-electron chi connectivity index (χ0n) is 10.9. The number of hydrogen-bond donors (Lipinski definition) is 0. The lowest BCUT2D eigenvalue weighted by atomic mass is 9.90. The van der Waals surface area contributed by atoms with Crippen LogP contribution in [0.4, 0.5) is 4.39 Å². The van der Waals surface area contributed by atoms with Crippen LogP contribution in [0.3, 0.4) is 0 Å². The highest BCUT2D eigenvalue weighted by atomic mass is 19.1. The maximum atomic E-state index is 13.1. The second-order valence-corrected chi connectivity index (χ2v) is 4.86. The first-order valence-corrected chi connectivity index (χ1v) is 6.61. The molecule has 4 heteroatoms. The number of fused-ring (bicyclic) bond motifs is 1. The van der Waals surface area contributed by atoms with Crippen molar-refractivity contribution < 1.29 is 13.9 Å². The molecule has 0 radical (unpaired) electrons. The molecule has 0 bridgehead atoms. The lowest BCUT2D eigenvalue weighted by molar-refractivity contribution is 0.0971. The van der Waals surface area contributed by atoms with Crippen LogP contribution in [0.5, 0.6) is 5.75 Å². The Hall–Kier alpha value is -2.23. The molecule has 0 amide bonds. The minimum Gasteiger partial charge on any atom is -0.489 e. The second-order valence-electron chi connectivity index (χ2n) is 4.86. The Morgan fingerprint density at radius 1 is 1.25 bits per heavy atom. The second kappa shape index (κ2) is 5.41. The summed E-state index contributed by atoms with van der Waals surface area (Å²) >= 11 is 0. The maximum Gasteiger partial charge on any atom is 0.163 e. The number of Topliss-reactive ketones (excluding diaryl/α,β-unsaturated/α-hetero) is 1. The van der Waals surface area contributed by atoms with Crippen LogP contribution in [0, 0.1) is 5.82 Å². The van der Waals surface area contributed by atoms with Gasteiger partial charge in [0, 0.05) is 29.3 Å². The van der Waals surface area contributed by atoms with Crippen LogP contribution in [0.25, 0.3) is 0 Å². The Kier molecular flexibility index (Phi) is 3.46. The van der Waals surface area contributed by atoms with E-state index in [1.54, 1.807) is 6.20 Å². The van der Waals surface area contributed by atoms with Crippen molar-refractivity contribution in [3.8, 4) is 5.75 Å². The summed E-state index contributed by atoms with van der Waals surface area (Å²) in [5.41, 5.74) is 2.39. The fourth-order valence-electron chi connectivity index (χ4n) is 2.48. The molecule has 0 saturated heterocycles. The van der Waals surface area contributed by atoms with Crippen molar-refractivity contribution in [3.63, 3.8) is 0 Å². The molecule has 0 N–H and O–H groups in total. The molecular formula is C16H14FNO2. The summed E-state index contributed by atoms with van der Waals surface area (Å²) in [4.78, 5) is 15.6. The molecular weight excluding hydrogens is 257 g/mol. The summed E-state index contributed by atoms with van der Waals surface area (Å²) < 4.78 is 18.8. The number of hydrogen-bond acceptors (Lipinski definition) is 3. The van der Waals surface area contributed by atoms with Gasteiger partial charge in [-0.3, -0.25) is 9.78 Å². The molecule has 1 aliphatic rings. The highest BCUT2D eigenvalue weighted by Crippen LogP contribution is 2.30. The summed E-state index contributed by atoms with van der Waals surface area (Å²) in [7, 11) is 0. The van der Waals surface area contributed by atoms with E-state index in [1.165, 1.54) is 6.07 Å². The van der Waals surface area contributed by atoms with Gasteiger partial charge in [-0.1, -0.05) is 12.1 Å². The van der Waals surface area contributed by atoms with Crippen LogP contribution < -0.4 is 4.74 Å². The predicted octanol–water partition coefficient (Wildman–Crippen LogP) is 3.32. The number of ketones is 1. The van der Waals surface area contributed by atoms with Gasteiger partial charge >= 0.3 is 0 Å². The molecule has 0 atom stereocenters. The molecule has 0 fully saturated rings. The fourth-order valence-corrected chi connectivity index (χ4v) is 2.48. The molecule has 20 heavy (non-hydrogen) atoms. The van der Waals surface area contributed by atoms with E-state index >= 15 is 0 Å². The van der Waals surface area contributed by atoms with Crippen molar-refractivity contribution in [2.45, 2.75) is 25.9 Å². The summed E-state index contributed by atoms with van der Waals surface area (Å²) in [6, 6.07) is 6.91. The monoisotopic (exact) mass is 271 g/mol. The van der Waals surface area contributed by atoms with Gasteiger partial charge in [-0.2, -0.15) is 0 Å². The van der Waals surface area contributed by atoms with Crippen LogP contribution in [0.2, 0.25) is 0 Å². The lowest BCUT2D eigenvalue weighted by Crippen LogP contribution is -2.12. The number of nitrogens with zero attached hydrogens (tertiary/aromatic N) is 1. The van der Waals surface area contributed by atoms with E-state index in [-0.39, 0.29) is 18.2 Å². The van der Waals surface area contributed by atoms with Crippen LogP contribution >= 0.6 is 0 Å². The third-order valence-electron chi connectivity index (χ3n) is 3.42. The summed E-state index contributed by atoms with van der Waals surface area (Å²) in [5.74, 6) is 0.500. The number of carbonyl (C=O) groups excluding carboxylic acids is 1. The average Bonchev–Trinajstić information content (AvgIpc) is 2.46. The normalized spacial score (nSPS) is 13.9. The maximum absolute atomic E-state index is 13.1. The first kappa shape index (κ1) is 12.8. The Bertz CT molecular complexity index is 655. The van der Waals surface area contributed by atoms with E-state index in [9.17, 15) is 9.18 Å². The first-order chi connectivity index (χ1) is 9.74. The molecule has 102 valence electrons. The van der Waals surface area contributed by atoms with Crippen LogP contribution in [0.15, 0.2) is 36.7 Å². The first-order valence-electron chi connectivity index (χ1n) is 6.61. The lowest BCUT2D eigenvalue weighted by Gasteiger charge is -2.18. The topological polar surface area (TPSA) is 39.2 Å². The molecule has 0 unspecified atom stereocenters. The van der Waals surface area contributed by atoms with Gasteiger partial charge in [0.25, 0.3) is 0 Å². The van der Waals surface area contributed by atoms with E-state index in [1.807, 2.05) is 18.2 Å². The quantitative estimate of drug-likeness (QED) is 0.859. The predicted molar refractivity (Wildman–Crippen MR) is 72.2 cm³/mol. The molecule has 1 aromatic heterocycles. The van der Waals surface area contributed by atoms with Gasteiger partial charge in [-0.25, -0.2) is 4.39 Å². The van der Waals surface area contributed by atoms with Gasteiger partial charge in [-0.05, 0) is 25.0 Å². The Morgan fingerprint density at radius 2 is 2.15 bits per heavy atom. The summed E-state index contributed by atoms with van der Waals surface area (Å²) in [6.45, 7) is 0.245. The van der Waals surface area contributed by atoms with Gasteiger partial charge in [0.05, 0.1) is 6.20 Å². The number of carbonyl (C=O) groups is 1. The number of aromatic nitrogens is 1. The van der Waals surface area contributed by atoms with Crippen LogP contribution in [-0.2, 0) is 13.0 Å². The highest BCUT2D eigenvalue weighted by molar-refractivity contribution is 5.99. The van der Waals surface area contributed by atoms with Crippen molar-refractivity contribution in [1.82, 2.24) is 4.98 Å². The third-order valence-corrected chi connectivity index (χ3v) is 3.42. The van der Waals surface area contributed by atoms with E-state index in [0.717, 1.165) is 30.2 Å². The van der Waals surface area contributed by atoms with E-state index in [4.69, 9.17) is 4.74 Å². The molecule has 3 nitrogen and oxygen atoms in total. The number of pyridine rings is 1. The minimum absolute atomic E-state index is 0.170. The molecule has 1 aromatic carbocycles. The minimum atomic E-state index is -0.378. The van der Waals surface area contributed by atoms with Crippen molar-refractivity contribution in [3.05, 3.63) is 59.2 Å². The van der Waals surface area contributed by atoms with E-state index < -0.39 is 0 Å². The molecule has 3 rings (SSSR count). The van der Waals surface area contributed by atoms with Crippen molar-refractivity contribution in [2.75, 3.05) is 0 Å². The van der Waals surface area contributed by atoms with Gasteiger partial charge in [0.2, 0.25) is 0 Å². The number of halogens is 1. The van der Waals surface area contributed by atoms with Gasteiger partial charge in [-0.15, -0.1) is 0 Å². The summed E-state index contributed by atoms with van der Waals surface area (Å²) in [6.07, 6.45) is 5.03. The van der Waals surface area contributed by atoms with E-state index in [2.05, 4.69) is 4.98 Å². The average molecular weight is 271 g/mol. The Labute approximate surface area is 116 Å². The fraction of sp³-hybridized carbons (Fsp3) is 0.250. The molecule has 1 heterocycles. The largest absolute Gasteiger partial charge is 0.489 e. The van der Waals surface area contributed by atoms with Crippen LogP contribution in [-0.4, -0.2) is 10.8 Å². The van der Waals surface area contributed by atoms with Crippen LogP contribution in [0.1, 0.15) is 34.3 Å². The van der Waals surface area contributed by atoms with E-state index in [0.29, 0.717) is 17.7 Å². The molecule has 0 saturated carbocycles. The third kappa shape index (κ3) is 2.54. The Balaban J connectivity index is 1.81. The van der Waals surface area contributed by atoms with Gasteiger partial charge in [0.1, 0.15) is 18.2 Å². The van der Waals surface area contributed by atoms with Gasteiger partial charge < -0.3 is 4.74 Å². The van der Waals surface area contributed by atoms with Gasteiger partial charge in [0.15, 0.2) is 5.78 Å². The zero-order valence-corrected chi connectivity index (χ0v) is 10.9. The molecule has 1 aliphatic carbocycles. The summed E-state index contributed by atoms with van der Waals surface area (Å²) in [5, 5.41) is 0. The number of ether oxygens (including phenoxy) is 1. The molecule has 0 spiro atoms. The zero-order chi connectivity index (χ0) is 13.9. The van der Waals surface area contributed by atoms with Crippen molar-refractivity contribution in [2.24, 2.45) is 0 Å².